The molecule has 1 aromatic carbocycles. The molecule has 0 bridgehead atoms. The first-order chi connectivity index (χ1) is 8.85. The smallest absolute Gasteiger partial charge is 0.161 e. The predicted octanol–water partition coefficient (Wildman–Crippen LogP) is 3.30. The first-order valence-corrected chi connectivity index (χ1v) is 6.98. The molecule has 1 aliphatic heterocycles. The van der Waals surface area contributed by atoms with Gasteiger partial charge in [0.1, 0.15) is 0 Å². The summed E-state index contributed by atoms with van der Waals surface area (Å²) in [5.74, 6) is 1.75. The third kappa shape index (κ3) is 3.16. The van der Waals surface area contributed by atoms with E-state index in [1.165, 1.54) is 12.0 Å². The summed E-state index contributed by atoms with van der Waals surface area (Å²) in [6, 6.07) is 6.79. The Balaban J connectivity index is 2.11. The quantitative estimate of drug-likeness (QED) is 0.804. The van der Waals surface area contributed by atoms with Crippen molar-refractivity contribution >= 4 is 0 Å². The summed E-state index contributed by atoms with van der Waals surface area (Å²) in [4.78, 5) is 0. The Morgan fingerprint density at radius 2 is 1.78 bits per heavy atom. The van der Waals surface area contributed by atoms with Gasteiger partial charge >= 0.3 is 0 Å². The standard InChI is InChI=1S/C15H23NO2/c1-3-9-17-14-6-5-12(13-7-8-16-13)11-15(14)18-10-4-2/h5-6,11,13,16H,3-4,7-10H2,1-2H3. The van der Waals surface area contributed by atoms with Crippen LogP contribution in [-0.2, 0) is 0 Å². The van der Waals surface area contributed by atoms with Crippen LogP contribution in [0.3, 0.4) is 0 Å². The van der Waals surface area contributed by atoms with Crippen molar-refractivity contribution in [2.75, 3.05) is 19.8 Å². The molecule has 1 atom stereocenters. The first kappa shape index (κ1) is 13.2. The van der Waals surface area contributed by atoms with Crippen LogP contribution in [-0.4, -0.2) is 19.8 Å². The Bertz CT molecular complexity index is 375. The minimum Gasteiger partial charge on any atom is -0.490 e. The highest BCUT2D eigenvalue weighted by atomic mass is 16.5. The number of ether oxygens (including phenoxy) is 2. The normalized spacial score (nSPS) is 18.2. The third-order valence-corrected chi connectivity index (χ3v) is 3.12. The molecule has 0 saturated carbocycles. The van der Waals surface area contributed by atoms with Crippen molar-refractivity contribution in [2.24, 2.45) is 0 Å². The zero-order valence-electron chi connectivity index (χ0n) is 11.4. The Morgan fingerprint density at radius 3 is 2.33 bits per heavy atom. The van der Waals surface area contributed by atoms with Gasteiger partial charge in [0.2, 0.25) is 0 Å². The van der Waals surface area contributed by atoms with Crippen LogP contribution >= 0.6 is 0 Å². The van der Waals surface area contributed by atoms with Gasteiger partial charge in [-0.3, -0.25) is 0 Å². The van der Waals surface area contributed by atoms with Crippen molar-refractivity contribution in [1.29, 1.82) is 0 Å². The van der Waals surface area contributed by atoms with Crippen LogP contribution in [0.1, 0.15) is 44.7 Å². The molecule has 3 nitrogen and oxygen atoms in total. The molecule has 0 aliphatic carbocycles. The van der Waals surface area contributed by atoms with Gasteiger partial charge in [-0.25, -0.2) is 0 Å². The van der Waals surface area contributed by atoms with Crippen LogP contribution in [0.15, 0.2) is 18.2 Å². The second-order valence-electron chi connectivity index (χ2n) is 4.70. The zero-order valence-corrected chi connectivity index (χ0v) is 11.4. The maximum Gasteiger partial charge on any atom is 0.161 e. The third-order valence-electron chi connectivity index (χ3n) is 3.12. The fourth-order valence-corrected chi connectivity index (χ4v) is 1.97. The fourth-order valence-electron chi connectivity index (χ4n) is 1.97. The molecule has 1 aliphatic rings. The van der Waals surface area contributed by atoms with Crippen LogP contribution in [0.25, 0.3) is 0 Å². The van der Waals surface area contributed by atoms with Gasteiger partial charge in [-0.1, -0.05) is 19.9 Å². The molecule has 3 heteroatoms. The van der Waals surface area contributed by atoms with Crippen molar-refractivity contribution in [3.8, 4) is 11.5 Å². The second-order valence-corrected chi connectivity index (χ2v) is 4.70. The van der Waals surface area contributed by atoms with Crippen molar-refractivity contribution < 1.29 is 9.47 Å². The van der Waals surface area contributed by atoms with Crippen LogP contribution in [0.4, 0.5) is 0 Å². The summed E-state index contributed by atoms with van der Waals surface area (Å²) >= 11 is 0. The van der Waals surface area contributed by atoms with Crippen molar-refractivity contribution in [3.05, 3.63) is 23.8 Å². The lowest BCUT2D eigenvalue weighted by atomic mass is 9.98. The first-order valence-electron chi connectivity index (χ1n) is 6.98. The molecule has 0 amide bonds. The van der Waals surface area contributed by atoms with Gasteiger partial charge in [0.15, 0.2) is 11.5 Å². The van der Waals surface area contributed by atoms with Crippen molar-refractivity contribution in [3.63, 3.8) is 0 Å². The van der Waals surface area contributed by atoms with Gasteiger partial charge in [-0.05, 0) is 43.5 Å². The van der Waals surface area contributed by atoms with Crippen molar-refractivity contribution in [1.82, 2.24) is 5.32 Å². The lowest BCUT2D eigenvalue weighted by Gasteiger charge is -2.28. The molecule has 0 aromatic heterocycles. The monoisotopic (exact) mass is 249 g/mol. The number of hydrogen-bond donors (Lipinski definition) is 1. The topological polar surface area (TPSA) is 30.5 Å². The van der Waals surface area contributed by atoms with Crippen LogP contribution in [0, 0.1) is 0 Å². The lowest BCUT2D eigenvalue weighted by Crippen LogP contribution is -2.34. The highest BCUT2D eigenvalue weighted by molar-refractivity contribution is 5.44. The molecule has 1 aromatic rings. The summed E-state index contributed by atoms with van der Waals surface area (Å²) in [5.41, 5.74) is 1.30. The average Bonchev–Trinajstić information content (AvgIpc) is 2.33. The van der Waals surface area contributed by atoms with E-state index in [4.69, 9.17) is 9.47 Å². The second kappa shape index (κ2) is 6.64. The molecule has 0 spiro atoms. The van der Waals surface area contributed by atoms with E-state index < -0.39 is 0 Å². The Labute approximate surface area is 109 Å². The Hall–Kier alpha value is -1.22. The highest BCUT2D eigenvalue weighted by Crippen LogP contribution is 2.33. The summed E-state index contributed by atoms with van der Waals surface area (Å²) in [6.07, 6.45) is 3.24. The van der Waals surface area contributed by atoms with Crippen LogP contribution in [0.5, 0.6) is 11.5 Å². The number of nitrogens with one attached hydrogen (secondary N) is 1. The molecule has 1 saturated heterocycles. The van der Waals surface area contributed by atoms with Gasteiger partial charge in [0.25, 0.3) is 0 Å². The minimum absolute atomic E-state index is 0.495. The maximum atomic E-state index is 5.79. The molecule has 2 rings (SSSR count). The van der Waals surface area contributed by atoms with E-state index in [0.717, 1.165) is 44.1 Å². The van der Waals surface area contributed by atoms with E-state index >= 15 is 0 Å². The fraction of sp³-hybridized carbons (Fsp3) is 0.600. The van der Waals surface area contributed by atoms with Gasteiger partial charge in [0, 0.05) is 6.04 Å². The molecular formula is C15H23NO2. The van der Waals surface area contributed by atoms with E-state index in [1.807, 2.05) is 6.07 Å². The molecule has 18 heavy (non-hydrogen) atoms. The predicted molar refractivity (Wildman–Crippen MR) is 73.4 cm³/mol. The van der Waals surface area contributed by atoms with Crippen LogP contribution < -0.4 is 14.8 Å². The summed E-state index contributed by atoms with van der Waals surface area (Å²) < 4.78 is 11.5. The average molecular weight is 249 g/mol. The van der Waals surface area contributed by atoms with E-state index in [9.17, 15) is 0 Å². The molecule has 1 unspecified atom stereocenters. The summed E-state index contributed by atoms with van der Waals surface area (Å²) in [5, 5.41) is 3.41. The summed E-state index contributed by atoms with van der Waals surface area (Å²) in [6.45, 7) is 6.82. The SMILES string of the molecule is CCCOc1ccc(C2CCN2)cc1OCCC. The summed E-state index contributed by atoms with van der Waals surface area (Å²) in [7, 11) is 0. The van der Waals surface area contributed by atoms with E-state index in [1.54, 1.807) is 0 Å². The van der Waals surface area contributed by atoms with Crippen molar-refractivity contribution in [2.45, 2.75) is 39.2 Å². The molecule has 1 fully saturated rings. The van der Waals surface area contributed by atoms with Gasteiger partial charge < -0.3 is 14.8 Å². The molecule has 1 N–H and O–H groups in total. The lowest BCUT2D eigenvalue weighted by molar-refractivity contribution is 0.267. The molecular weight excluding hydrogens is 226 g/mol. The zero-order chi connectivity index (χ0) is 12.8. The Kier molecular flexibility index (Phi) is 4.88. The molecule has 1 heterocycles. The highest BCUT2D eigenvalue weighted by Gasteiger charge is 2.20. The molecule has 100 valence electrons. The van der Waals surface area contributed by atoms with E-state index in [2.05, 4.69) is 31.3 Å². The minimum atomic E-state index is 0.495. The Morgan fingerprint density at radius 1 is 1.11 bits per heavy atom. The van der Waals surface area contributed by atoms with Gasteiger partial charge in [-0.2, -0.15) is 0 Å². The maximum absolute atomic E-state index is 5.79. The number of benzene rings is 1. The number of rotatable bonds is 7. The number of hydrogen-bond acceptors (Lipinski definition) is 3. The van der Waals surface area contributed by atoms with E-state index in [-0.39, 0.29) is 0 Å². The largest absolute Gasteiger partial charge is 0.490 e. The van der Waals surface area contributed by atoms with Gasteiger partial charge in [-0.15, -0.1) is 0 Å². The molecule has 0 radical (unpaired) electrons. The van der Waals surface area contributed by atoms with E-state index in [0.29, 0.717) is 6.04 Å². The van der Waals surface area contributed by atoms with Gasteiger partial charge in [0.05, 0.1) is 13.2 Å². The van der Waals surface area contributed by atoms with Crippen LogP contribution in [0.2, 0.25) is 0 Å².